The first-order valence-corrected chi connectivity index (χ1v) is 10.9. The molecule has 0 bridgehead atoms. The number of carbonyl (C=O) groups is 1. The summed E-state index contributed by atoms with van der Waals surface area (Å²) in [5.74, 6) is 0.656. The van der Waals surface area contributed by atoms with Gasteiger partial charge in [0, 0.05) is 57.7 Å². The number of aryl methyl sites for hydroxylation is 1. The summed E-state index contributed by atoms with van der Waals surface area (Å²) >= 11 is 1.50. The molecule has 0 spiro atoms. The van der Waals surface area contributed by atoms with Gasteiger partial charge in [-0.05, 0) is 37.3 Å². The Morgan fingerprint density at radius 2 is 1.94 bits per heavy atom. The number of piperazine rings is 1. The van der Waals surface area contributed by atoms with Gasteiger partial charge in [-0.3, -0.25) is 4.79 Å². The molecule has 164 valence electrons. The lowest BCUT2D eigenvalue weighted by Gasteiger charge is -2.35. The van der Waals surface area contributed by atoms with Crippen LogP contribution in [0.4, 0.5) is 16.5 Å². The Morgan fingerprint density at radius 1 is 1.26 bits per heavy atom. The van der Waals surface area contributed by atoms with Crippen molar-refractivity contribution in [2.24, 2.45) is 10.7 Å². The predicted octanol–water partition coefficient (Wildman–Crippen LogP) is 3.12. The molecule has 1 amide bonds. The van der Waals surface area contributed by atoms with E-state index in [2.05, 4.69) is 44.2 Å². The summed E-state index contributed by atoms with van der Waals surface area (Å²) in [4.78, 5) is 25.3. The van der Waals surface area contributed by atoms with Crippen LogP contribution in [0.2, 0.25) is 0 Å². The zero-order chi connectivity index (χ0) is 22.4. The SMILES string of the molecule is C=C(/N=C\C=C(/N)c1sc(NC)nc1C)Nc1ccc(N2CCN(C(C)=O)CC2)cc1. The van der Waals surface area contributed by atoms with E-state index in [0.717, 1.165) is 53.3 Å². The standard InChI is InChI=1S/C22H29N7OS/c1-15-21(31-22(24-4)26-15)20(23)9-10-25-16(2)27-18-5-7-19(8-6-18)29-13-11-28(12-14-29)17(3)30/h5-10,27H,2,11-14,23H2,1,3-4H3,(H,24,26)/b20-9-,25-10-. The van der Waals surface area contributed by atoms with Crippen molar-refractivity contribution < 1.29 is 4.79 Å². The lowest BCUT2D eigenvalue weighted by Crippen LogP contribution is -2.48. The van der Waals surface area contributed by atoms with Crippen LogP contribution >= 0.6 is 11.3 Å². The second kappa shape index (κ2) is 10.1. The Balaban J connectivity index is 1.53. The third-order valence-corrected chi connectivity index (χ3v) is 6.23. The van der Waals surface area contributed by atoms with Crippen LogP contribution in [0.25, 0.3) is 5.70 Å². The number of anilines is 3. The average Bonchev–Trinajstić information content (AvgIpc) is 3.15. The minimum atomic E-state index is 0.139. The first-order valence-electron chi connectivity index (χ1n) is 10.1. The summed E-state index contributed by atoms with van der Waals surface area (Å²) < 4.78 is 0. The van der Waals surface area contributed by atoms with E-state index in [4.69, 9.17) is 5.73 Å². The lowest BCUT2D eigenvalue weighted by atomic mass is 10.2. The first-order chi connectivity index (χ1) is 14.9. The number of nitrogens with zero attached hydrogens (tertiary/aromatic N) is 4. The van der Waals surface area contributed by atoms with Crippen molar-refractivity contribution >= 4 is 45.7 Å². The Labute approximate surface area is 187 Å². The van der Waals surface area contributed by atoms with Gasteiger partial charge in [-0.2, -0.15) is 0 Å². The number of carbonyl (C=O) groups excluding carboxylic acids is 1. The van der Waals surface area contributed by atoms with Gasteiger partial charge < -0.3 is 26.2 Å². The molecule has 1 saturated heterocycles. The highest BCUT2D eigenvalue weighted by atomic mass is 32.1. The number of hydrogen-bond donors (Lipinski definition) is 3. The molecule has 1 aliphatic heterocycles. The van der Waals surface area contributed by atoms with E-state index < -0.39 is 0 Å². The second-order valence-electron chi connectivity index (χ2n) is 7.20. The molecule has 0 saturated carbocycles. The van der Waals surface area contributed by atoms with Crippen LogP contribution in [0.1, 0.15) is 17.5 Å². The molecule has 1 aliphatic rings. The number of rotatable bonds is 7. The fourth-order valence-electron chi connectivity index (χ4n) is 3.29. The number of allylic oxidation sites excluding steroid dienone is 1. The maximum atomic E-state index is 11.5. The van der Waals surface area contributed by atoms with Crippen LogP contribution in [0.15, 0.2) is 47.7 Å². The van der Waals surface area contributed by atoms with E-state index in [9.17, 15) is 4.79 Å². The summed E-state index contributed by atoms with van der Waals surface area (Å²) in [6, 6.07) is 8.12. The van der Waals surface area contributed by atoms with Crippen molar-refractivity contribution in [1.82, 2.24) is 9.88 Å². The molecule has 2 aromatic rings. The largest absolute Gasteiger partial charge is 0.397 e. The molecule has 0 radical (unpaired) electrons. The van der Waals surface area contributed by atoms with E-state index in [1.54, 1.807) is 19.2 Å². The van der Waals surface area contributed by atoms with Crippen LogP contribution in [0.3, 0.4) is 0 Å². The van der Waals surface area contributed by atoms with Crippen molar-refractivity contribution in [3.05, 3.63) is 53.3 Å². The number of nitrogens with one attached hydrogen (secondary N) is 2. The minimum absolute atomic E-state index is 0.139. The fraction of sp³-hybridized carbons (Fsp3) is 0.318. The number of aromatic nitrogens is 1. The van der Waals surface area contributed by atoms with E-state index in [1.165, 1.54) is 11.3 Å². The van der Waals surface area contributed by atoms with Crippen molar-refractivity contribution in [3.8, 4) is 0 Å². The third-order valence-electron chi connectivity index (χ3n) is 5.00. The molecule has 1 aromatic heterocycles. The van der Waals surface area contributed by atoms with Crippen molar-refractivity contribution in [1.29, 1.82) is 0 Å². The molecule has 0 atom stereocenters. The monoisotopic (exact) mass is 439 g/mol. The van der Waals surface area contributed by atoms with E-state index in [0.29, 0.717) is 11.5 Å². The molecule has 8 nitrogen and oxygen atoms in total. The molecule has 1 fully saturated rings. The molecule has 2 heterocycles. The number of aliphatic imine (C=N–C) groups is 1. The number of hydrogen-bond acceptors (Lipinski definition) is 8. The Hall–Kier alpha value is -3.33. The zero-order valence-electron chi connectivity index (χ0n) is 18.2. The predicted molar refractivity (Wildman–Crippen MR) is 131 cm³/mol. The average molecular weight is 440 g/mol. The fourth-order valence-corrected chi connectivity index (χ4v) is 4.15. The summed E-state index contributed by atoms with van der Waals surface area (Å²) in [7, 11) is 1.83. The van der Waals surface area contributed by atoms with Crippen LogP contribution in [-0.2, 0) is 4.79 Å². The number of nitrogens with two attached hydrogens (primary N) is 1. The minimum Gasteiger partial charge on any atom is -0.397 e. The van der Waals surface area contributed by atoms with Gasteiger partial charge in [0.15, 0.2) is 5.13 Å². The molecule has 4 N–H and O–H groups in total. The van der Waals surface area contributed by atoms with Crippen molar-refractivity contribution in [2.45, 2.75) is 13.8 Å². The van der Waals surface area contributed by atoms with Gasteiger partial charge in [-0.25, -0.2) is 9.98 Å². The summed E-state index contributed by atoms with van der Waals surface area (Å²) in [5, 5.41) is 7.03. The van der Waals surface area contributed by atoms with Crippen LogP contribution in [-0.4, -0.2) is 55.2 Å². The molecule has 3 rings (SSSR count). The van der Waals surface area contributed by atoms with Gasteiger partial charge >= 0.3 is 0 Å². The van der Waals surface area contributed by atoms with Crippen LogP contribution < -0.4 is 21.3 Å². The van der Waals surface area contributed by atoms with Gasteiger partial charge in [-0.1, -0.05) is 17.9 Å². The molecular weight excluding hydrogens is 410 g/mol. The maximum Gasteiger partial charge on any atom is 0.219 e. The van der Waals surface area contributed by atoms with Gasteiger partial charge in [-0.15, -0.1) is 0 Å². The van der Waals surface area contributed by atoms with Crippen LogP contribution in [0, 0.1) is 6.92 Å². The highest BCUT2D eigenvalue weighted by Gasteiger charge is 2.18. The highest BCUT2D eigenvalue weighted by Crippen LogP contribution is 2.26. The normalized spacial score (nSPS) is 14.7. The molecule has 0 aliphatic carbocycles. The Bertz CT molecular complexity index is 986. The van der Waals surface area contributed by atoms with Gasteiger partial charge in [0.1, 0.15) is 5.82 Å². The molecule has 1 aromatic carbocycles. The topological polar surface area (TPSA) is 98.9 Å². The van der Waals surface area contributed by atoms with Gasteiger partial charge in [0.05, 0.1) is 16.3 Å². The summed E-state index contributed by atoms with van der Waals surface area (Å²) in [6.45, 7) is 10.7. The quantitative estimate of drug-likeness (QED) is 0.574. The smallest absolute Gasteiger partial charge is 0.219 e. The van der Waals surface area contributed by atoms with Crippen molar-refractivity contribution in [2.75, 3.05) is 48.8 Å². The van der Waals surface area contributed by atoms with Crippen molar-refractivity contribution in [3.63, 3.8) is 0 Å². The third kappa shape index (κ3) is 5.85. The number of amides is 1. The molecule has 31 heavy (non-hydrogen) atoms. The first kappa shape index (κ1) is 22.4. The lowest BCUT2D eigenvalue weighted by molar-refractivity contribution is -0.129. The Kier molecular flexibility index (Phi) is 7.30. The summed E-state index contributed by atoms with van der Waals surface area (Å²) in [6.07, 6.45) is 3.38. The number of thiazole rings is 1. The maximum absolute atomic E-state index is 11.5. The van der Waals surface area contributed by atoms with E-state index in [-0.39, 0.29) is 5.91 Å². The zero-order valence-corrected chi connectivity index (χ0v) is 19.0. The second-order valence-corrected chi connectivity index (χ2v) is 8.19. The Morgan fingerprint density at radius 3 is 2.52 bits per heavy atom. The van der Waals surface area contributed by atoms with E-state index >= 15 is 0 Å². The molecule has 9 heteroatoms. The molecule has 0 unspecified atom stereocenters. The van der Waals surface area contributed by atoms with Gasteiger partial charge in [0.25, 0.3) is 0 Å². The highest BCUT2D eigenvalue weighted by molar-refractivity contribution is 7.16. The van der Waals surface area contributed by atoms with Gasteiger partial charge in [0.2, 0.25) is 5.91 Å². The van der Waals surface area contributed by atoms with Crippen LogP contribution in [0.5, 0.6) is 0 Å². The molecular formula is C22H29N7OS. The summed E-state index contributed by atoms with van der Waals surface area (Å²) in [5.41, 5.74) is 9.69. The number of benzene rings is 1. The van der Waals surface area contributed by atoms with E-state index in [1.807, 2.05) is 31.0 Å².